The molecule has 0 aromatic heterocycles. The zero-order valence-electron chi connectivity index (χ0n) is 16.0. The lowest BCUT2D eigenvalue weighted by molar-refractivity contribution is -0.157. The highest BCUT2D eigenvalue weighted by molar-refractivity contribution is 8.14. The van der Waals surface area contributed by atoms with Gasteiger partial charge in [-0.15, -0.1) is 0 Å². The molecular formula is C19H25NO6S. The Kier molecular flexibility index (Phi) is 10.2. The SMILES string of the molecule is CCOC(=O)C(C(=O)OCC)C(=Nc1ccccc1)SCC(=O)OC(C)C. The van der Waals surface area contributed by atoms with Gasteiger partial charge >= 0.3 is 17.9 Å². The standard InChI is InChI=1S/C19H25NO6S/c1-5-24-18(22)16(19(23)25-6-2)17(20-14-10-8-7-9-11-14)27-12-15(21)26-13(3)4/h7-11,13,16H,5-6,12H2,1-4H3. The number of ether oxygens (including phenoxy) is 3. The first kappa shape index (κ1) is 22.7. The van der Waals surface area contributed by atoms with E-state index in [1.165, 1.54) is 0 Å². The van der Waals surface area contributed by atoms with Crippen molar-refractivity contribution >= 4 is 40.4 Å². The number of nitrogens with zero attached hydrogens (tertiary/aromatic N) is 1. The number of para-hydroxylation sites is 1. The van der Waals surface area contributed by atoms with Gasteiger partial charge in [-0.25, -0.2) is 4.99 Å². The van der Waals surface area contributed by atoms with E-state index in [1.54, 1.807) is 52.0 Å². The van der Waals surface area contributed by atoms with E-state index >= 15 is 0 Å². The summed E-state index contributed by atoms with van der Waals surface area (Å²) in [5.41, 5.74) is 0.538. The molecular weight excluding hydrogens is 370 g/mol. The number of esters is 3. The molecule has 0 fully saturated rings. The number of carbonyl (C=O) groups is 3. The van der Waals surface area contributed by atoms with Crippen molar-refractivity contribution in [3.05, 3.63) is 30.3 Å². The number of carbonyl (C=O) groups excluding carboxylic acids is 3. The molecule has 8 heteroatoms. The Labute approximate surface area is 163 Å². The summed E-state index contributed by atoms with van der Waals surface area (Å²) >= 11 is 0.957. The summed E-state index contributed by atoms with van der Waals surface area (Å²) in [5.74, 6) is -3.46. The van der Waals surface area contributed by atoms with Crippen molar-refractivity contribution < 1.29 is 28.6 Å². The van der Waals surface area contributed by atoms with Crippen LogP contribution in [0, 0.1) is 5.92 Å². The van der Waals surface area contributed by atoms with Gasteiger partial charge in [0.05, 0.1) is 30.8 Å². The smallest absolute Gasteiger partial charge is 0.327 e. The fourth-order valence-electron chi connectivity index (χ4n) is 1.99. The molecule has 0 N–H and O–H groups in total. The first-order chi connectivity index (χ1) is 12.9. The summed E-state index contributed by atoms with van der Waals surface area (Å²) in [5, 5.41) is 0.124. The lowest BCUT2D eigenvalue weighted by Crippen LogP contribution is -2.34. The normalized spacial score (nSPS) is 11.4. The highest BCUT2D eigenvalue weighted by atomic mass is 32.2. The molecule has 0 aliphatic carbocycles. The number of benzene rings is 1. The molecule has 0 radical (unpaired) electrons. The average molecular weight is 395 g/mol. The molecule has 0 amide bonds. The van der Waals surface area contributed by atoms with E-state index in [9.17, 15) is 14.4 Å². The van der Waals surface area contributed by atoms with Gasteiger partial charge in [-0.3, -0.25) is 14.4 Å². The summed E-state index contributed by atoms with van der Waals surface area (Å²) in [6.07, 6.45) is -0.265. The molecule has 0 aliphatic rings. The molecule has 0 bridgehead atoms. The summed E-state index contributed by atoms with van der Waals surface area (Å²) in [6.45, 7) is 6.96. The van der Waals surface area contributed by atoms with Crippen LogP contribution >= 0.6 is 11.8 Å². The van der Waals surface area contributed by atoms with Crippen molar-refractivity contribution in [1.82, 2.24) is 0 Å². The van der Waals surface area contributed by atoms with Gasteiger partial charge in [-0.1, -0.05) is 30.0 Å². The van der Waals surface area contributed by atoms with Crippen LogP contribution in [-0.4, -0.2) is 48.0 Å². The minimum Gasteiger partial charge on any atom is -0.465 e. The first-order valence-electron chi connectivity index (χ1n) is 8.68. The molecule has 0 atom stereocenters. The lowest BCUT2D eigenvalue weighted by atomic mass is 10.1. The van der Waals surface area contributed by atoms with Crippen LogP contribution in [0.15, 0.2) is 35.3 Å². The summed E-state index contributed by atoms with van der Waals surface area (Å²) in [4.78, 5) is 41.0. The highest BCUT2D eigenvalue weighted by Gasteiger charge is 2.35. The van der Waals surface area contributed by atoms with Crippen LogP contribution < -0.4 is 0 Å². The topological polar surface area (TPSA) is 91.3 Å². The quantitative estimate of drug-likeness (QED) is 0.208. The van der Waals surface area contributed by atoms with E-state index in [0.717, 1.165) is 11.8 Å². The zero-order chi connectivity index (χ0) is 20.2. The van der Waals surface area contributed by atoms with Gasteiger partial charge in [0, 0.05) is 0 Å². The second-order valence-corrected chi connectivity index (χ2v) is 6.55. The van der Waals surface area contributed by atoms with Crippen LogP contribution in [0.25, 0.3) is 0 Å². The van der Waals surface area contributed by atoms with Crippen LogP contribution in [0.2, 0.25) is 0 Å². The van der Waals surface area contributed by atoms with E-state index in [0.29, 0.717) is 5.69 Å². The van der Waals surface area contributed by atoms with Crippen LogP contribution in [0.5, 0.6) is 0 Å². The molecule has 1 aromatic carbocycles. The number of rotatable bonds is 9. The van der Waals surface area contributed by atoms with E-state index in [2.05, 4.69) is 4.99 Å². The molecule has 0 saturated carbocycles. The van der Waals surface area contributed by atoms with Gasteiger partial charge in [0.25, 0.3) is 0 Å². The third-order valence-electron chi connectivity index (χ3n) is 2.99. The Balaban J connectivity index is 3.17. The van der Waals surface area contributed by atoms with Gasteiger partial charge in [-0.2, -0.15) is 0 Å². The van der Waals surface area contributed by atoms with Crippen molar-refractivity contribution in [1.29, 1.82) is 0 Å². The Morgan fingerprint density at radius 2 is 1.56 bits per heavy atom. The predicted molar refractivity (Wildman–Crippen MR) is 104 cm³/mol. The van der Waals surface area contributed by atoms with Crippen molar-refractivity contribution in [2.75, 3.05) is 19.0 Å². The molecule has 1 aromatic rings. The van der Waals surface area contributed by atoms with Gasteiger partial charge < -0.3 is 14.2 Å². The van der Waals surface area contributed by atoms with E-state index in [4.69, 9.17) is 14.2 Å². The van der Waals surface area contributed by atoms with Gasteiger partial charge in [0.15, 0.2) is 0 Å². The predicted octanol–water partition coefficient (Wildman–Crippen LogP) is 3.14. The average Bonchev–Trinajstić information content (AvgIpc) is 2.60. The third-order valence-corrected chi connectivity index (χ3v) is 3.99. The van der Waals surface area contributed by atoms with E-state index < -0.39 is 23.8 Å². The monoisotopic (exact) mass is 395 g/mol. The van der Waals surface area contributed by atoms with Crippen LogP contribution in [0.3, 0.4) is 0 Å². The summed E-state index contributed by atoms with van der Waals surface area (Å²) in [6, 6.07) is 8.82. The molecule has 0 heterocycles. The van der Waals surface area contributed by atoms with E-state index in [-0.39, 0.29) is 30.1 Å². The Morgan fingerprint density at radius 1 is 1.00 bits per heavy atom. The molecule has 7 nitrogen and oxygen atoms in total. The number of hydrogen-bond acceptors (Lipinski definition) is 8. The van der Waals surface area contributed by atoms with E-state index in [1.807, 2.05) is 6.07 Å². The molecule has 27 heavy (non-hydrogen) atoms. The fraction of sp³-hybridized carbons (Fsp3) is 0.474. The molecule has 0 unspecified atom stereocenters. The maximum absolute atomic E-state index is 12.4. The summed E-state index contributed by atoms with van der Waals surface area (Å²) in [7, 11) is 0. The number of thioether (sulfide) groups is 1. The Hall–Kier alpha value is -2.35. The molecule has 1 rings (SSSR count). The van der Waals surface area contributed by atoms with Gasteiger partial charge in [0.2, 0.25) is 5.92 Å². The maximum atomic E-state index is 12.4. The van der Waals surface area contributed by atoms with Crippen molar-refractivity contribution in [3.63, 3.8) is 0 Å². The molecule has 0 aliphatic heterocycles. The minimum absolute atomic E-state index is 0.0981. The highest BCUT2D eigenvalue weighted by Crippen LogP contribution is 2.23. The van der Waals surface area contributed by atoms with Gasteiger partial charge in [0.1, 0.15) is 5.04 Å². The first-order valence-corrected chi connectivity index (χ1v) is 9.66. The molecule has 0 saturated heterocycles. The zero-order valence-corrected chi connectivity index (χ0v) is 16.8. The number of hydrogen-bond donors (Lipinski definition) is 0. The number of aliphatic imine (C=N–C) groups is 1. The fourth-order valence-corrected chi connectivity index (χ4v) is 2.85. The summed E-state index contributed by atoms with van der Waals surface area (Å²) < 4.78 is 15.1. The maximum Gasteiger partial charge on any atom is 0.327 e. The van der Waals surface area contributed by atoms with Crippen molar-refractivity contribution in [2.45, 2.75) is 33.8 Å². The second-order valence-electron chi connectivity index (χ2n) is 5.55. The third kappa shape index (κ3) is 8.25. The van der Waals surface area contributed by atoms with Crippen LogP contribution in [0.1, 0.15) is 27.7 Å². The van der Waals surface area contributed by atoms with Crippen molar-refractivity contribution in [2.24, 2.45) is 10.9 Å². The lowest BCUT2D eigenvalue weighted by Gasteiger charge is -2.16. The molecule has 0 spiro atoms. The Bertz CT molecular complexity index is 641. The Morgan fingerprint density at radius 3 is 2.04 bits per heavy atom. The molecule has 148 valence electrons. The van der Waals surface area contributed by atoms with Crippen LogP contribution in [0.4, 0.5) is 5.69 Å². The second kappa shape index (κ2) is 12.1. The minimum atomic E-state index is -1.36. The largest absolute Gasteiger partial charge is 0.465 e. The van der Waals surface area contributed by atoms with Gasteiger partial charge in [-0.05, 0) is 39.8 Å². The van der Waals surface area contributed by atoms with Crippen molar-refractivity contribution in [3.8, 4) is 0 Å². The van der Waals surface area contributed by atoms with Crippen LogP contribution in [-0.2, 0) is 28.6 Å².